The number of alkyl halides is 3. The molecular weight excluding hydrogens is 502 g/mol. The number of piperidine rings is 1. The molecule has 5 rings (SSSR count). The number of rotatable bonds is 6. The van der Waals surface area contributed by atoms with Crippen LogP contribution in [-0.4, -0.2) is 45.7 Å². The van der Waals surface area contributed by atoms with Crippen molar-refractivity contribution in [3.05, 3.63) is 72.2 Å². The summed E-state index contributed by atoms with van der Waals surface area (Å²) >= 11 is 0. The molecule has 1 aromatic carbocycles. The van der Waals surface area contributed by atoms with E-state index in [-0.39, 0.29) is 29.0 Å². The molecule has 8 nitrogen and oxygen atoms in total. The van der Waals surface area contributed by atoms with E-state index in [1.807, 2.05) is 0 Å². The van der Waals surface area contributed by atoms with E-state index in [2.05, 4.69) is 20.3 Å². The second-order valence-corrected chi connectivity index (χ2v) is 10.5. The Kier molecular flexibility index (Phi) is 5.99. The van der Waals surface area contributed by atoms with Gasteiger partial charge < -0.3 is 5.32 Å². The van der Waals surface area contributed by atoms with Gasteiger partial charge in [0, 0.05) is 36.7 Å². The lowest BCUT2D eigenvalue weighted by Crippen LogP contribution is -2.47. The van der Waals surface area contributed by atoms with Crippen LogP contribution in [0.25, 0.3) is 11.3 Å². The highest BCUT2D eigenvalue weighted by Gasteiger charge is 2.58. The third-order valence-electron chi connectivity index (χ3n) is 6.23. The Morgan fingerprint density at radius 2 is 1.75 bits per heavy atom. The number of hydrogen-bond acceptors (Lipinski definition) is 6. The summed E-state index contributed by atoms with van der Waals surface area (Å²) in [7, 11) is -4.00. The molecule has 1 saturated carbocycles. The van der Waals surface area contributed by atoms with Crippen molar-refractivity contribution in [1.82, 2.24) is 24.6 Å². The van der Waals surface area contributed by atoms with Crippen LogP contribution in [0.1, 0.15) is 24.2 Å². The molecule has 188 valence electrons. The third-order valence-corrected chi connectivity index (χ3v) is 8.18. The SMILES string of the molecule is O=C(NCc1ccnc(-c2cnc(C(F)(F)F)nc2)c1)[C@@H]1C[C@H]2CC2N1S(=O)(=O)c1ccc(F)cc1. The lowest BCUT2D eigenvalue weighted by molar-refractivity contribution is -0.145. The number of carbonyl (C=O) groups excluding carboxylic acids is 1. The summed E-state index contributed by atoms with van der Waals surface area (Å²) in [6, 6.07) is 6.52. The van der Waals surface area contributed by atoms with Crippen molar-refractivity contribution in [2.75, 3.05) is 0 Å². The molecule has 0 radical (unpaired) electrons. The van der Waals surface area contributed by atoms with Crippen molar-refractivity contribution in [3.8, 4) is 11.3 Å². The fourth-order valence-electron chi connectivity index (χ4n) is 4.37. The minimum atomic E-state index is -4.66. The standard InChI is InChI=1S/C23H19F4N5O3S/c24-16-1-3-17(4-2-16)36(34,35)32-19-8-14(19)9-20(32)21(33)29-10-13-5-6-28-18(7-13)15-11-30-22(31-12-15)23(25,26)27/h1-7,11-12,14,19-20H,8-10H2,(H,29,33)/t14-,19?,20+/m1/s1. The number of fused-ring (bicyclic) bond motifs is 1. The number of sulfonamides is 1. The highest BCUT2D eigenvalue weighted by Crippen LogP contribution is 2.50. The van der Waals surface area contributed by atoms with Gasteiger partial charge in [0.25, 0.3) is 0 Å². The first-order chi connectivity index (χ1) is 17.0. The van der Waals surface area contributed by atoms with E-state index in [9.17, 15) is 30.8 Å². The molecule has 0 bridgehead atoms. The zero-order valence-corrected chi connectivity index (χ0v) is 19.3. The summed E-state index contributed by atoms with van der Waals surface area (Å²) in [5.41, 5.74) is 1.19. The number of aromatic nitrogens is 3. The van der Waals surface area contributed by atoms with Crippen molar-refractivity contribution in [2.24, 2.45) is 5.92 Å². The van der Waals surface area contributed by atoms with Gasteiger partial charge in [-0.05, 0) is 60.7 Å². The highest BCUT2D eigenvalue weighted by atomic mass is 32.2. The van der Waals surface area contributed by atoms with Gasteiger partial charge in [-0.1, -0.05) is 0 Å². The summed E-state index contributed by atoms with van der Waals surface area (Å²) in [4.78, 5) is 23.7. The van der Waals surface area contributed by atoms with E-state index in [0.29, 0.717) is 24.1 Å². The number of nitrogens with zero attached hydrogens (tertiary/aromatic N) is 4. The number of hydrogen-bond donors (Lipinski definition) is 1. The Hall–Kier alpha value is -3.45. The molecule has 13 heteroatoms. The van der Waals surface area contributed by atoms with Gasteiger partial charge in [-0.15, -0.1) is 0 Å². The quantitative estimate of drug-likeness (QED) is 0.500. The van der Waals surface area contributed by atoms with Crippen LogP contribution in [-0.2, 0) is 27.5 Å². The first-order valence-corrected chi connectivity index (χ1v) is 12.4. The minimum absolute atomic E-state index is 0.0477. The molecule has 1 amide bonds. The normalized spacial score (nSPS) is 21.7. The number of nitrogens with one attached hydrogen (secondary N) is 1. The van der Waals surface area contributed by atoms with Gasteiger partial charge >= 0.3 is 6.18 Å². The van der Waals surface area contributed by atoms with Crippen LogP contribution >= 0.6 is 0 Å². The van der Waals surface area contributed by atoms with Crippen molar-refractivity contribution in [2.45, 2.75) is 42.5 Å². The van der Waals surface area contributed by atoms with Crippen molar-refractivity contribution in [3.63, 3.8) is 0 Å². The van der Waals surface area contributed by atoms with Crippen molar-refractivity contribution >= 4 is 15.9 Å². The van der Waals surface area contributed by atoms with E-state index in [0.717, 1.165) is 24.5 Å². The van der Waals surface area contributed by atoms with Gasteiger partial charge in [0.1, 0.15) is 11.9 Å². The predicted molar refractivity (Wildman–Crippen MR) is 118 cm³/mol. The fraction of sp³-hybridized carbons (Fsp3) is 0.304. The van der Waals surface area contributed by atoms with Crippen LogP contribution in [0, 0.1) is 11.7 Å². The molecule has 1 aliphatic heterocycles. The molecule has 2 fully saturated rings. The monoisotopic (exact) mass is 521 g/mol. The van der Waals surface area contributed by atoms with Crippen LogP contribution in [0.15, 0.2) is 59.9 Å². The lowest BCUT2D eigenvalue weighted by atomic mass is 10.1. The maximum absolute atomic E-state index is 13.3. The molecule has 1 unspecified atom stereocenters. The Labute approximate surface area is 203 Å². The number of benzene rings is 1. The Morgan fingerprint density at radius 3 is 2.42 bits per heavy atom. The number of carbonyl (C=O) groups is 1. The van der Waals surface area contributed by atoms with Crippen LogP contribution < -0.4 is 5.32 Å². The molecule has 3 heterocycles. The Morgan fingerprint density at radius 1 is 1.06 bits per heavy atom. The number of pyridine rings is 1. The van der Waals surface area contributed by atoms with Crippen LogP contribution in [0.5, 0.6) is 0 Å². The van der Waals surface area contributed by atoms with E-state index in [4.69, 9.17) is 0 Å². The smallest absolute Gasteiger partial charge is 0.351 e. The average molecular weight is 521 g/mol. The summed E-state index contributed by atoms with van der Waals surface area (Å²) in [6.07, 6.45) is -0.122. The molecule has 36 heavy (non-hydrogen) atoms. The molecule has 1 aliphatic carbocycles. The summed E-state index contributed by atoms with van der Waals surface area (Å²) in [6.45, 7) is 0.0477. The largest absolute Gasteiger partial charge is 0.451 e. The van der Waals surface area contributed by atoms with Gasteiger partial charge in [0.15, 0.2) is 0 Å². The first-order valence-electron chi connectivity index (χ1n) is 11.0. The van der Waals surface area contributed by atoms with Gasteiger partial charge in [-0.3, -0.25) is 9.78 Å². The topological polar surface area (TPSA) is 105 Å². The maximum Gasteiger partial charge on any atom is 0.451 e. The summed E-state index contributed by atoms with van der Waals surface area (Å²) in [5, 5.41) is 2.74. The van der Waals surface area contributed by atoms with Crippen molar-refractivity contribution < 1.29 is 30.8 Å². The van der Waals surface area contributed by atoms with E-state index in [1.54, 1.807) is 12.1 Å². The molecule has 0 spiro atoms. The van der Waals surface area contributed by atoms with E-state index >= 15 is 0 Å². The second-order valence-electron chi connectivity index (χ2n) is 8.66. The van der Waals surface area contributed by atoms with Crippen LogP contribution in [0.4, 0.5) is 17.6 Å². The maximum atomic E-state index is 13.3. The summed E-state index contributed by atoms with van der Waals surface area (Å²) < 4.78 is 79.0. The molecule has 3 atom stereocenters. The number of halogens is 4. The molecule has 1 N–H and O–H groups in total. The Balaban J connectivity index is 1.28. The zero-order valence-electron chi connectivity index (χ0n) is 18.5. The predicted octanol–water partition coefficient (Wildman–Crippen LogP) is 3.16. The average Bonchev–Trinajstić information content (AvgIpc) is 3.50. The third kappa shape index (κ3) is 4.67. The molecule has 2 aliphatic rings. The Bertz CT molecular complexity index is 1400. The highest BCUT2D eigenvalue weighted by molar-refractivity contribution is 7.89. The van der Waals surface area contributed by atoms with Crippen LogP contribution in [0.3, 0.4) is 0 Å². The van der Waals surface area contributed by atoms with Crippen molar-refractivity contribution in [1.29, 1.82) is 0 Å². The minimum Gasteiger partial charge on any atom is -0.351 e. The second kappa shape index (κ2) is 8.89. The molecule has 1 saturated heterocycles. The van der Waals surface area contributed by atoms with Gasteiger partial charge in [0.05, 0.1) is 10.6 Å². The lowest BCUT2D eigenvalue weighted by Gasteiger charge is -2.26. The van der Waals surface area contributed by atoms with Gasteiger partial charge in [-0.2, -0.15) is 17.5 Å². The molecule has 2 aromatic heterocycles. The van der Waals surface area contributed by atoms with Crippen LogP contribution in [0.2, 0.25) is 0 Å². The van der Waals surface area contributed by atoms with E-state index < -0.39 is 39.8 Å². The molecule has 3 aromatic rings. The zero-order chi connectivity index (χ0) is 25.7. The van der Waals surface area contributed by atoms with Gasteiger partial charge in [-0.25, -0.2) is 22.8 Å². The van der Waals surface area contributed by atoms with Gasteiger partial charge in [0.2, 0.25) is 21.8 Å². The fourth-order valence-corrected chi connectivity index (χ4v) is 6.23. The number of amides is 1. The van der Waals surface area contributed by atoms with E-state index in [1.165, 1.54) is 22.6 Å². The first kappa shape index (κ1) is 24.3. The molecular formula is C23H19F4N5O3S. The summed E-state index contributed by atoms with van der Waals surface area (Å²) in [5.74, 6) is -2.19.